The van der Waals surface area contributed by atoms with Crippen molar-refractivity contribution in [1.82, 2.24) is 4.90 Å². The highest BCUT2D eigenvalue weighted by molar-refractivity contribution is 5.50. The Morgan fingerprint density at radius 2 is 2.22 bits per heavy atom. The molecule has 0 aromatic heterocycles. The number of benzene rings is 1. The molecule has 0 aliphatic carbocycles. The zero-order valence-electron chi connectivity index (χ0n) is 11.7. The van der Waals surface area contributed by atoms with Gasteiger partial charge in [-0.3, -0.25) is 0 Å². The SMILES string of the molecule is Cc1cc(N(C)CC2CCN(C)C2)ccc1CO. The van der Waals surface area contributed by atoms with Crippen molar-refractivity contribution in [2.24, 2.45) is 5.92 Å². The molecule has 1 aromatic carbocycles. The van der Waals surface area contributed by atoms with Gasteiger partial charge in [-0.15, -0.1) is 0 Å². The molecule has 3 heteroatoms. The topological polar surface area (TPSA) is 26.7 Å². The Balaban J connectivity index is 2.00. The maximum atomic E-state index is 9.19. The lowest BCUT2D eigenvalue weighted by atomic mass is 10.1. The molecule has 1 heterocycles. The minimum Gasteiger partial charge on any atom is -0.392 e. The summed E-state index contributed by atoms with van der Waals surface area (Å²) in [5.41, 5.74) is 3.44. The summed E-state index contributed by atoms with van der Waals surface area (Å²) in [6, 6.07) is 6.31. The minimum atomic E-state index is 0.128. The van der Waals surface area contributed by atoms with Crippen LogP contribution in [-0.4, -0.2) is 43.7 Å². The van der Waals surface area contributed by atoms with E-state index in [1.54, 1.807) is 0 Å². The van der Waals surface area contributed by atoms with Crippen LogP contribution in [0.2, 0.25) is 0 Å². The normalized spacial score (nSPS) is 20.3. The van der Waals surface area contributed by atoms with Crippen LogP contribution in [0.5, 0.6) is 0 Å². The smallest absolute Gasteiger partial charge is 0.0684 e. The van der Waals surface area contributed by atoms with Crippen molar-refractivity contribution in [3.8, 4) is 0 Å². The third-order valence-electron chi connectivity index (χ3n) is 3.96. The van der Waals surface area contributed by atoms with Crippen molar-refractivity contribution in [3.05, 3.63) is 29.3 Å². The molecule has 1 aromatic rings. The Morgan fingerprint density at radius 3 is 2.78 bits per heavy atom. The summed E-state index contributed by atoms with van der Waals surface area (Å²) in [6.45, 7) is 5.73. The molecule has 0 spiro atoms. The molecule has 100 valence electrons. The number of nitrogens with zero attached hydrogens (tertiary/aromatic N) is 2. The van der Waals surface area contributed by atoms with Crippen molar-refractivity contribution in [3.63, 3.8) is 0 Å². The molecule has 0 saturated carbocycles. The van der Waals surface area contributed by atoms with Crippen molar-refractivity contribution in [1.29, 1.82) is 0 Å². The molecular weight excluding hydrogens is 224 g/mol. The lowest BCUT2D eigenvalue weighted by Gasteiger charge is -2.24. The third kappa shape index (κ3) is 3.03. The van der Waals surface area contributed by atoms with Crippen LogP contribution in [-0.2, 0) is 6.61 Å². The van der Waals surface area contributed by atoms with Gasteiger partial charge in [-0.05, 0) is 56.1 Å². The van der Waals surface area contributed by atoms with Crippen LogP contribution in [0.25, 0.3) is 0 Å². The van der Waals surface area contributed by atoms with Crippen LogP contribution in [0.15, 0.2) is 18.2 Å². The average molecular weight is 248 g/mol. The lowest BCUT2D eigenvalue weighted by molar-refractivity contribution is 0.281. The van der Waals surface area contributed by atoms with Crippen LogP contribution in [0.3, 0.4) is 0 Å². The van der Waals surface area contributed by atoms with Crippen LogP contribution < -0.4 is 4.90 Å². The van der Waals surface area contributed by atoms with Gasteiger partial charge in [-0.25, -0.2) is 0 Å². The number of hydrogen-bond acceptors (Lipinski definition) is 3. The van der Waals surface area contributed by atoms with Gasteiger partial charge in [0.1, 0.15) is 0 Å². The number of likely N-dealkylation sites (tertiary alicyclic amines) is 1. The molecule has 0 amide bonds. The van der Waals surface area contributed by atoms with Crippen LogP contribution in [0.1, 0.15) is 17.5 Å². The van der Waals surface area contributed by atoms with Gasteiger partial charge in [0.15, 0.2) is 0 Å². The standard InChI is InChI=1S/C15H24N2O/c1-12-8-15(5-4-14(12)11-18)17(3)10-13-6-7-16(2)9-13/h4-5,8,13,18H,6-7,9-11H2,1-3H3. The molecule has 1 saturated heterocycles. The van der Waals surface area contributed by atoms with Crippen molar-refractivity contribution in [2.45, 2.75) is 20.0 Å². The predicted molar refractivity (Wildman–Crippen MR) is 76.0 cm³/mol. The quantitative estimate of drug-likeness (QED) is 0.881. The first-order chi connectivity index (χ1) is 8.60. The Bertz CT molecular complexity index is 405. The van der Waals surface area contributed by atoms with E-state index in [0.29, 0.717) is 0 Å². The molecule has 2 rings (SSSR count). The highest BCUT2D eigenvalue weighted by atomic mass is 16.3. The molecule has 1 unspecified atom stereocenters. The van der Waals surface area contributed by atoms with E-state index in [4.69, 9.17) is 0 Å². The van der Waals surface area contributed by atoms with E-state index < -0.39 is 0 Å². The summed E-state index contributed by atoms with van der Waals surface area (Å²) >= 11 is 0. The highest BCUT2D eigenvalue weighted by Crippen LogP contribution is 2.22. The minimum absolute atomic E-state index is 0.128. The first-order valence-corrected chi connectivity index (χ1v) is 6.70. The molecule has 1 N–H and O–H groups in total. The maximum absolute atomic E-state index is 9.19. The van der Waals surface area contributed by atoms with Crippen LogP contribution in [0, 0.1) is 12.8 Å². The molecule has 1 atom stereocenters. The van der Waals surface area contributed by atoms with Gasteiger partial charge >= 0.3 is 0 Å². The first kappa shape index (κ1) is 13.4. The second-order valence-corrected chi connectivity index (χ2v) is 5.57. The van der Waals surface area contributed by atoms with Gasteiger partial charge in [0, 0.05) is 25.8 Å². The van der Waals surface area contributed by atoms with Crippen LogP contribution in [0.4, 0.5) is 5.69 Å². The fraction of sp³-hybridized carbons (Fsp3) is 0.600. The van der Waals surface area contributed by atoms with Crippen molar-refractivity contribution in [2.75, 3.05) is 38.6 Å². The van der Waals surface area contributed by atoms with Crippen LogP contribution >= 0.6 is 0 Å². The summed E-state index contributed by atoms with van der Waals surface area (Å²) in [5, 5.41) is 9.19. The van der Waals surface area contributed by atoms with E-state index in [1.165, 1.54) is 30.8 Å². The van der Waals surface area contributed by atoms with Gasteiger partial charge < -0.3 is 14.9 Å². The van der Waals surface area contributed by atoms with E-state index in [-0.39, 0.29) is 6.61 Å². The Morgan fingerprint density at radius 1 is 1.44 bits per heavy atom. The van der Waals surface area contributed by atoms with E-state index >= 15 is 0 Å². The molecular formula is C15H24N2O. The van der Waals surface area contributed by atoms with Gasteiger partial charge in [-0.1, -0.05) is 6.07 Å². The number of rotatable bonds is 4. The summed E-state index contributed by atoms with van der Waals surface area (Å²) in [4.78, 5) is 4.73. The summed E-state index contributed by atoms with van der Waals surface area (Å²) in [6.07, 6.45) is 1.30. The van der Waals surface area contributed by atoms with E-state index in [9.17, 15) is 5.11 Å². The lowest BCUT2D eigenvalue weighted by Crippen LogP contribution is -2.27. The Labute approximate surface area is 110 Å². The second-order valence-electron chi connectivity index (χ2n) is 5.57. The molecule has 1 fully saturated rings. The Hall–Kier alpha value is -1.06. The van der Waals surface area contributed by atoms with E-state index in [2.05, 4.69) is 43.0 Å². The molecule has 18 heavy (non-hydrogen) atoms. The zero-order valence-corrected chi connectivity index (χ0v) is 11.7. The average Bonchev–Trinajstić information content (AvgIpc) is 2.74. The molecule has 1 aliphatic heterocycles. The number of anilines is 1. The van der Waals surface area contributed by atoms with Gasteiger partial charge in [0.25, 0.3) is 0 Å². The van der Waals surface area contributed by atoms with Crippen molar-refractivity contribution >= 4 is 5.69 Å². The van der Waals surface area contributed by atoms with Gasteiger partial charge in [0.2, 0.25) is 0 Å². The fourth-order valence-corrected chi connectivity index (χ4v) is 2.76. The van der Waals surface area contributed by atoms with Crippen molar-refractivity contribution < 1.29 is 5.11 Å². The predicted octanol–water partition coefficient (Wildman–Crippen LogP) is 1.88. The molecule has 1 aliphatic rings. The zero-order chi connectivity index (χ0) is 13.1. The third-order valence-corrected chi connectivity index (χ3v) is 3.96. The van der Waals surface area contributed by atoms with Gasteiger partial charge in [0.05, 0.1) is 6.61 Å². The summed E-state index contributed by atoms with van der Waals surface area (Å²) in [5.74, 6) is 0.776. The fourth-order valence-electron chi connectivity index (χ4n) is 2.76. The number of hydrogen-bond donors (Lipinski definition) is 1. The summed E-state index contributed by atoms with van der Waals surface area (Å²) < 4.78 is 0. The number of aliphatic hydroxyl groups is 1. The second kappa shape index (κ2) is 5.72. The molecule has 3 nitrogen and oxygen atoms in total. The summed E-state index contributed by atoms with van der Waals surface area (Å²) in [7, 11) is 4.35. The van der Waals surface area contributed by atoms with Gasteiger partial charge in [-0.2, -0.15) is 0 Å². The number of aryl methyl sites for hydroxylation is 1. The largest absolute Gasteiger partial charge is 0.392 e. The Kier molecular flexibility index (Phi) is 4.25. The maximum Gasteiger partial charge on any atom is 0.0684 e. The molecule has 0 bridgehead atoms. The van der Waals surface area contributed by atoms with E-state index in [0.717, 1.165) is 18.0 Å². The monoisotopic (exact) mass is 248 g/mol. The highest BCUT2D eigenvalue weighted by Gasteiger charge is 2.20. The van der Waals surface area contributed by atoms with E-state index in [1.807, 2.05) is 6.07 Å². The molecule has 0 radical (unpaired) electrons. The number of aliphatic hydroxyl groups excluding tert-OH is 1. The first-order valence-electron chi connectivity index (χ1n) is 6.70.